The van der Waals surface area contributed by atoms with E-state index < -0.39 is 10.0 Å². The van der Waals surface area contributed by atoms with Crippen molar-refractivity contribution in [1.82, 2.24) is 10.0 Å². The van der Waals surface area contributed by atoms with Crippen molar-refractivity contribution >= 4 is 15.9 Å². The summed E-state index contributed by atoms with van der Waals surface area (Å²) in [6.07, 6.45) is 1.76. The van der Waals surface area contributed by atoms with Crippen molar-refractivity contribution in [3.63, 3.8) is 0 Å². The van der Waals surface area contributed by atoms with Crippen LogP contribution in [-0.2, 0) is 19.5 Å². The Hall–Kier alpha value is -1.48. The summed E-state index contributed by atoms with van der Waals surface area (Å²) >= 11 is 0. The minimum Gasteiger partial charge on any atom is -0.382 e. The molecule has 0 heterocycles. The van der Waals surface area contributed by atoms with Crippen molar-refractivity contribution in [3.8, 4) is 0 Å². The van der Waals surface area contributed by atoms with Gasteiger partial charge in [0.1, 0.15) is 0 Å². The highest BCUT2D eigenvalue weighted by Gasteiger charge is 2.27. The zero-order chi connectivity index (χ0) is 16.7. The molecule has 1 aliphatic carbocycles. The fourth-order valence-corrected chi connectivity index (χ4v) is 3.16. The summed E-state index contributed by atoms with van der Waals surface area (Å²) in [5, 5.41) is 2.71. The first-order valence-corrected chi connectivity index (χ1v) is 8.98. The van der Waals surface area contributed by atoms with Crippen LogP contribution in [0.2, 0.25) is 0 Å². The van der Waals surface area contributed by atoms with Crippen LogP contribution in [0, 0.1) is 0 Å². The van der Waals surface area contributed by atoms with E-state index in [9.17, 15) is 13.2 Å². The first-order chi connectivity index (χ1) is 11.0. The Morgan fingerprint density at radius 3 is 2.48 bits per heavy atom. The zero-order valence-corrected chi connectivity index (χ0v) is 13.9. The van der Waals surface area contributed by atoms with Crippen molar-refractivity contribution in [2.75, 3.05) is 33.5 Å². The van der Waals surface area contributed by atoms with Crippen LogP contribution in [0.25, 0.3) is 0 Å². The number of rotatable bonds is 10. The quantitative estimate of drug-likeness (QED) is 0.605. The smallest absolute Gasteiger partial charge is 0.251 e. The predicted molar refractivity (Wildman–Crippen MR) is 84.8 cm³/mol. The van der Waals surface area contributed by atoms with Gasteiger partial charge in [-0.2, -0.15) is 0 Å². The standard InChI is InChI=1S/C15H22N2O5S/c1-21-10-11-22-9-8-16-15(18)12-2-6-14(7-3-12)23(19,20)17-13-4-5-13/h2-3,6-7,13,17H,4-5,8-11H2,1H3,(H,16,18). The molecule has 8 heteroatoms. The highest BCUT2D eigenvalue weighted by molar-refractivity contribution is 7.89. The minimum atomic E-state index is -3.48. The molecule has 2 rings (SSSR count). The Labute approximate surface area is 136 Å². The number of ether oxygens (including phenoxy) is 2. The largest absolute Gasteiger partial charge is 0.382 e. The van der Waals surface area contributed by atoms with E-state index in [4.69, 9.17) is 9.47 Å². The van der Waals surface area contributed by atoms with Gasteiger partial charge in [-0.05, 0) is 37.1 Å². The van der Waals surface area contributed by atoms with Gasteiger partial charge in [0.25, 0.3) is 5.91 Å². The highest BCUT2D eigenvalue weighted by atomic mass is 32.2. The molecular weight excluding hydrogens is 320 g/mol. The van der Waals surface area contributed by atoms with E-state index in [0.29, 0.717) is 31.9 Å². The maximum absolute atomic E-state index is 12.0. The van der Waals surface area contributed by atoms with E-state index in [1.165, 1.54) is 24.3 Å². The van der Waals surface area contributed by atoms with Crippen molar-refractivity contribution in [1.29, 1.82) is 0 Å². The summed E-state index contributed by atoms with van der Waals surface area (Å²) in [7, 11) is -1.89. The van der Waals surface area contributed by atoms with Crippen LogP contribution in [0.4, 0.5) is 0 Å². The van der Waals surface area contributed by atoms with Gasteiger partial charge in [0.2, 0.25) is 10.0 Å². The summed E-state index contributed by atoms with van der Waals surface area (Å²) in [6.45, 7) is 1.77. The van der Waals surface area contributed by atoms with Crippen LogP contribution >= 0.6 is 0 Å². The van der Waals surface area contributed by atoms with Crippen molar-refractivity contribution in [2.24, 2.45) is 0 Å². The number of hydrogen-bond acceptors (Lipinski definition) is 5. The number of carbonyl (C=O) groups is 1. The fourth-order valence-electron chi connectivity index (χ4n) is 1.86. The van der Waals surface area contributed by atoms with Crippen LogP contribution in [0.5, 0.6) is 0 Å². The average Bonchev–Trinajstić information content (AvgIpc) is 3.34. The summed E-state index contributed by atoms with van der Waals surface area (Å²) in [4.78, 5) is 12.1. The second-order valence-corrected chi connectivity index (χ2v) is 6.99. The molecule has 0 aliphatic heterocycles. The van der Waals surface area contributed by atoms with Gasteiger partial charge >= 0.3 is 0 Å². The van der Waals surface area contributed by atoms with Gasteiger partial charge < -0.3 is 14.8 Å². The molecule has 0 bridgehead atoms. The number of sulfonamides is 1. The number of hydrogen-bond donors (Lipinski definition) is 2. The van der Waals surface area contributed by atoms with E-state index in [2.05, 4.69) is 10.0 Å². The third-order valence-corrected chi connectivity index (χ3v) is 4.83. The van der Waals surface area contributed by atoms with E-state index in [0.717, 1.165) is 12.8 Å². The third-order valence-electron chi connectivity index (χ3n) is 3.29. The summed E-state index contributed by atoms with van der Waals surface area (Å²) in [5.41, 5.74) is 0.410. The molecule has 0 spiro atoms. The molecule has 1 aliphatic rings. The monoisotopic (exact) mass is 342 g/mol. The number of carbonyl (C=O) groups excluding carboxylic acids is 1. The predicted octanol–water partition coefficient (Wildman–Crippen LogP) is 0.520. The molecule has 7 nitrogen and oxygen atoms in total. The highest BCUT2D eigenvalue weighted by Crippen LogP contribution is 2.22. The van der Waals surface area contributed by atoms with E-state index in [-0.39, 0.29) is 16.8 Å². The van der Waals surface area contributed by atoms with Gasteiger partial charge in [0.15, 0.2) is 0 Å². The number of methoxy groups -OCH3 is 1. The maximum atomic E-state index is 12.0. The van der Waals surface area contributed by atoms with Crippen molar-refractivity contribution in [3.05, 3.63) is 29.8 Å². The van der Waals surface area contributed by atoms with E-state index in [1.54, 1.807) is 7.11 Å². The number of amides is 1. The average molecular weight is 342 g/mol. The van der Waals surface area contributed by atoms with Gasteiger partial charge in [0, 0.05) is 25.3 Å². The second kappa shape index (κ2) is 8.39. The zero-order valence-electron chi connectivity index (χ0n) is 13.1. The van der Waals surface area contributed by atoms with Gasteiger partial charge in [-0.3, -0.25) is 4.79 Å². The van der Waals surface area contributed by atoms with Crippen molar-refractivity contribution < 1.29 is 22.7 Å². The Morgan fingerprint density at radius 2 is 1.87 bits per heavy atom. The number of nitrogens with one attached hydrogen (secondary N) is 2. The lowest BCUT2D eigenvalue weighted by Crippen LogP contribution is -2.28. The number of benzene rings is 1. The molecule has 0 aromatic heterocycles. The van der Waals surface area contributed by atoms with E-state index in [1.807, 2.05) is 0 Å². The second-order valence-electron chi connectivity index (χ2n) is 5.28. The third kappa shape index (κ3) is 5.91. The van der Waals surface area contributed by atoms with Gasteiger partial charge in [-0.25, -0.2) is 13.1 Å². The van der Waals surface area contributed by atoms with Gasteiger partial charge in [-0.1, -0.05) is 0 Å². The van der Waals surface area contributed by atoms with Gasteiger partial charge in [-0.15, -0.1) is 0 Å². The summed E-state index contributed by atoms with van der Waals surface area (Å²) in [6, 6.07) is 5.94. The Bertz CT molecular complexity index is 611. The topological polar surface area (TPSA) is 93.7 Å². The van der Waals surface area contributed by atoms with Crippen LogP contribution in [0.15, 0.2) is 29.2 Å². The Balaban J connectivity index is 1.80. The molecule has 0 saturated heterocycles. The molecule has 1 saturated carbocycles. The molecule has 0 radical (unpaired) electrons. The van der Waals surface area contributed by atoms with Crippen molar-refractivity contribution in [2.45, 2.75) is 23.8 Å². The minimum absolute atomic E-state index is 0.0566. The van der Waals surface area contributed by atoms with Crippen LogP contribution in [0.3, 0.4) is 0 Å². The molecule has 1 aromatic rings. The summed E-state index contributed by atoms with van der Waals surface area (Å²) in [5.74, 6) is -0.264. The molecule has 1 fully saturated rings. The molecular formula is C15H22N2O5S. The molecule has 2 N–H and O–H groups in total. The maximum Gasteiger partial charge on any atom is 0.251 e. The normalized spacial score (nSPS) is 14.7. The first-order valence-electron chi connectivity index (χ1n) is 7.50. The van der Waals surface area contributed by atoms with Crippen LogP contribution < -0.4 is 10.0 Å². The van der Waals surface area contributed by atoms with Gasteiger partial charge in [0.05, 0.1) is 24.7 Å². The molecule has 128 valence electrons. The SMILES string of the molecule is COCCOCCNC(=O)c1ccc(S(=O)(=O)NC2CC2)cc1. The molecule has 0 atom stereocenters. The molecule has 1 aromatic carbocycles. The Morgan fingerprint density at radius 1 is 1.17 bits per heavy atom. The van der Waals surface area contributed by atoms with Crippen LogP contribution in [-0.4, -0.2) is 53.8 Å². The molecule has 1 amide bonds. The fraction of sp³-hybridized carbons (Fsp3) is 0.533. The molecule has 23 heavy (non-hydrogen) atoms. The summed E-state index contributed by atoms with van der Waals surface area (Å²) < 4.78 is 36.7. The Kier molecular flexibility index (Phi) is 6.52. The lowest BCUT2D eigenvalue weighted by molar-refractivity contribution is 0.0692. The lowest BCUT2D eigenvalue weighted by atomic mass is 10.2. The first kappa shape index (κ1) is 17.9. The van der Waals surface area contributed by atoms with E-state index >= 15 is 0 Å². The van der Waals surface area contributed by atoms with Crippen LogP contribution in [0.1, 0.15) is 23.2 Å². The molecule has 0 unspecified atom stereocenters. The lowest BCUT2D eigenvalue weighted by Gasteiger charge is -2.08.